The third-order valence-electron chi connectivity index (χ3n) is 1.25. The summed E-state index contributed by atoms with van der Waals surface area (Å²) in [4.78, 5) is 10.9. The Balaban J connectivity index is 2.52. The number of halogens is 1. The van der Waals surface area contributed by atoms with Crippen LogP contribution in [0, 0.1) is 0 Å². The van der Waals surface area contributed by atoms with E-state index >= 15 is 0 Å². The van der Waals surface area contributed by atoms with Gasteiger partial charge in [-0.1, -0.05) is 23.7 Å². The van der Waals surface area contributed by atoms with Gasteiger partial charge in [0.05, 0.1) is 10.7 Å². The molecule has 2 N–H and O–H groups in total. The zero-order chi connectivity index (χ0) is 10.4. The van der Waals surface area contributed by atoms with Gasteiger partial charge in [0.25, 0.3) is 12.3 Å². The van der Waals surface area contributed by atoms with Crippen molar-refractivity contribution in [3.05, 3.63) is 29.3 Å². The molecule has 0 spiro atoms. The van der Waals surface area contributed by atoms with Crippen molar-refractivity contribution in [3.63, 3.8) is 0 Å². The van der Waals surface area contributed by atoms with Crippen LogP contribution in [0.4, 0.5) is 10.5 Å². The number of anilines is 1. The molecule has 0 atom stereocenters. The zero-order valence-electron chi connectivity index (χ0n) is 6.77. The monoisotopic (exact) mass is 235 g/mol. The first-order chi connectivity index (χ1) is 6.74. The van der Waals surface area contributed by atoms with Crippen LogP contribution in [0.25, 0.3) is 0 Å². The van der Waals surface area contributed by atoms with Crippen molar-refractivity contribution < 1.29 is 18.6 Å². The van der Waals surface area contributed by atoms with Crippen molar-refractivity contribution in [2.75, 3.05) is 5.32 Å². The normalized spacial score (nSPS) is 9.57. The van der Waals surface area contributed by atoms with Crippen LogP contribution in [0.5, 0.6) is 0 Å². The van der Waals surface area contributed by atoms with Crippen LogP contribution in [-0.2, 0) is 8.52 Å². The summed E-state index contributed by atoms with van der Waals surface area (Å²) in [6.07, 6.45) is -0.794. The molecule has 0 radical (unpaired) electrons. The lowest BCUT2D eigenvalue weighted by atomic mass is 10.3. The molecule has 0 aliphatic rings. The minimum atomic E-state index is -0.794. The molecule has 1 aromatic rings. The van der Waals surface area contributed by atoms with Gasteiger partial charge < -0.3 is 4.18 Å². The van der Waals surface area contributed by atoms with Gasteiger partial charge in [-0.05, 0) is 12.1 Å². The minimum absolute atomic E-state index is 0.142. The SMILES string of the molecule is O=C(Nc1ccccc1Cl)OSOO. The molecular weight excluding hydrogens is 230 g/mol. The Labute approximate surface area is 89.3 Å². The highest BCUT2D eigenvalue weighted by atomic mass is 35.5. The van der Waals surface area contributed by atoms with Gasteiger partial charge in [0.1, 0.15) is 0 Å². The first-order valence-electron chi connectivity index (χ1n) is 3.44. The molecule has 0 saturated carbocycles. The largest absolute Gasteiger partial charge is 0.425 e. The lowest BCUT2D eigenvalue weighted by Crippen LogP contribution is -2.10. The zero-order valence-corrected chi connectivity index (χ0v) is 8.34. The predicted octanol–water partition coefficient (Wildman–Crippen LogP) is 2.94. The highest BCUT2D eigenvalue weighted by Crippen LogP contribution is 2.20. The van der Waals surface area contributed by atoms with Gasteiger partial charge in [-0.15, -0.1) is 4.33 Å². The van der Waals surface area contributed by atoms with E-state index in [9.17, 15) is 4.79 Å². The topological polar surface area (TPSA) is 67.8 Å². The number of benzene rings is 1. The molecule has 5 nitrogen and oxygen atoms in total. The van der Waals surface area contributed by atoms with Crippen molar-refractivity contribution in [1.29, 1.82) is 0 Å². The van der Waals surface area contributed by atoms with E-state index in [1.165, 1.54) is 0 Å². The van der Waals surface area contributed by atoms with Gasteiger partial charge in [-0.25, -0.2) is 10.1 Å². The Bertz CT molecular complexity index is 322. The lowest BCUT2D eigenvalue weighted by Gasteiger charge is -2.04. The predicted molar refractivity (Wildman–Crippen MR) is 52.9 cm³/mol. The molecule has 0 aliphatic heterocycles. The quantitative estimate of drug-likeness (QED) is 0.479. The molecule has 0 fully saturated rings. The molecule has 0 unspecified atom stereocenters. The number of amides is 1. The maximum Gasteiger partial charge on any atom is 0.425 e. The molecular formula is C7H6ClNO4S. The van der Waals surface area contributed by atoms with Crippen LogP contribution >= 0.6 is 23.9 Å². The summed E-state index contributed by atoms with van der Waals surface area (Å²) in [7, 11) is 0. The number of carbonyl (C=O) groups excluding carboxylic acids is 1. The van der Waals surface area contributed by atoms with E-state index in [1.807, 2.05) is 0 Å². The highest BCUT2D eigenvalue weighted by molar-refractivity contribution is 7.90. The van der Waals surface area contributed by atoms with E-state index in [4.69, 9.17) is 16.9 Å². The Hall–Kier alpha value is -0.950. The van der Waals surface area contributed by atoms with Crippen LogP contribution in [0.2, 0.25) is 5.02 Å². The van der Waals surface area contributed by atoms with Gasteiger partial charge in [-0.3, -0.25) is 5.32 Å². The second-order valence-electron chi connectivity index (χ2n) is 2.12. The molecule has 7 heteroatoms. The average molecular weight is 236 g/mol. The summed E-state index contributed by atoms with van der Waals surface area (Å²) < 4.78 is 7.77. The second kappa shape index (κ2) is 5.71. The van der Waals surface area contributed by atoms with Gasteiger partial charge in [-0.2, -0.15) is 0 Å². The van der Waals surface area contributed by atoms with Crippen LogP contribution < -0.4 is 5.32 Å². The third-order valence-corrected chi connectivity index (χ3v) is 1.86. The van der Waals surface area contributed by atoms with Crippen molar-refractivity contribution in [2.24, 2.45) is 0 Å². The van der Waals surface area contributed by atoms with Crippen molar-refractivity contribution in [3.8, 4) is 0 Å². The molecule has 0 aliphatic carbocycles. The average Bonchev–Trinajstić information content (AvgIpc) is 2.18. The van der Waals surface area contributed by atoms with Crippen molar-refractivity contribution in [2.45, 2.75) is 0 Å². The van der Waals surface area contributed by atoms with Crippen LogP contribution in [-0.4, -0.2) is 11.4 Å². The first kappa shape index (κ1) is 11.1. The molecule has 0 bridgehead atoms. The van der Waals surface area contributed by atoms with Crippen LogP contribution in [0.3, 0.4) is 0 Å². The molecule has 0 saturated heterocycles. The third kappa shape index (κ3) is 3.43. The fourth-order valence-electron chi connectivity index (χ4n) is 0.739. The van der Waals surface area contributed by atoms with Gasteiger partial charge in [0.15, 0.2) is 0 Å². The van der Waals surface area contributed by atoms with E-state index in [2.05, 4.69) is 13.8 Å². The number of nitrogens with one attached hydrogen (secondary N) is 1. The van der Waals surface area contributed by atoms with Crippen LogP contribution in [0.1, 0.15) is 0 Å². The van der Waals surface area contributed by atoms with Crippen molar-refractivity contribution >= 4 is 35.7 Å². The molecule has 1 amide bonds. The molecule has 0 heterocycles. The Morgan fingerprint density at radius 2 is 2.21 bits per heavy atom. The standard InChI is InChI=1S/C7H6ClNO4S/c8-5-3-1-2-4-6(5)9-7(10)12-14-13-11/h1-4,11H,(H,9,10). The smallest absolute Gasteiger partial charge is 0.345 e. The number of para-hydroxylation sites is 1. The van der Waals surface area contributed by atoms with E-state index in [-0.39, 0.29) is 12.3 Å². The number of hydrogen-bond donors (Lipinski definition) is 2. The first-order valence-corrected chi connectivity index (χ1v) is 4.49. The summed E-state index contributed by atoms with van der Waals surface area (Å²) in [6.45, 7) is 0. The summed E-state index contributed by atoms with van der Waals surface area (Å²) >= 11 is 5.89. The summed E-state index contributed by atoms with van der Waals surface area (Å²) in [5.74, 6) is 0. The van der Waals surface area contributed by atoms with Crippen LogP contribution in [0.15, 0.2) is 24.3 Å². The molecule has 0 aromatic heterocycles. The fraction of sp³-hybridized carbons (Fsp3) is 0. The number of carbonyl (C=O) groups is 1. The fourth-order valence-corrected chi connectivity index (χ4v) is 1.06. The maximum atomic E-state index is 10.9. The summed E-state index contributed by atoms with van der Waals surface area (Å²) in [5, 5.41) is 10.6. The molecule has 1 rings (SSSR count). The number of hydrogen-bond acceptors (Lipinski definition) is 5. The Kier molecular flexibility index (Phi) is 4.54. The summed E-state index contributed by atoms with van der Waals surface area (Å²) in [6, 6.07) is 6.66. The van der Waals surface area contributed by atoms with E-state index < -0.39 is 6.09 Å². The summed E-state index contributed by atoms with van der Waals surface area (Å²) in [5.41, 5.74) is 0.415. The van der Waals surface area contributed by atoms with Gasteiger partial charge in [0.2, 0.25) is 0 Å². The van der Waals surface area contributed by atoms with E-state index in [1.54, 1.807) is 24.3 Å². The van der Waals surface area contributed by atoms with Crippen molar-refractivity contribution in [1.82, 2.24) is 0 Å². The molecule has 76 valence electrons. The van der Waals surface area contributed by atoms with Gasteiger partial charge >= 0.3 is 6.09 Å². The second-order valence-corrected chi connectivity index (χ2v) is 2.98. The number of rotatable bonds is 3. The minimum Gasteiger partial charge on any atom is -0.345 e. The lowest BCUT2D eigenvalue weighted by molar-refractivity contribution is -0.122. The van der Waals surface area contributed by atoms with E-state index in [0.29, 0.717) is 10.7 Å². The maximum absolute atomic E-state index is 10.9. The van der Waals surface area contributed by atoms with E-state index in [0.717, 1.165) is 0 Å². The Morgan fingerprint density at radius 1 is 1.50 bits per heavy atom. The highest BCUT2D eigenvalue weighted by Gasteiger charge is 2.06. The molecule has 14 heavy (non-hydrogen) atoms. The Morgan fingerprint density at radius 3 is 2.86 bits per heavy atom. The molecule has 1 aromatic carbocycles. The van der Waals surface area contributed by atoms with Gasteiger partial charge in [0, 0.05) is 0 Å².